The molecule has 2 aromatic heterocycles. The standard InChI is InChI=1S/C15H18N4O3S/c16-13(22)15(5-3-1-2-4-6-15)18-12(21)10-9-11(20)17-14-19(10)7-8-23-14/h7-9H,1-6H2,(H2,16,22)(H,18,21). The zero-order valence-electron chi connectivity index (χ0n) is 12.6. The van der Waals surface area contributed by atoms with Crippen LogP contribution in [-0.4, -0.2) is 26.7 Å². The summed E-state index contributed by atoms with van der Waals surface area (Å²) in [5, 5.41) is 4.55. The maximum absolute atomic E-state index is 12.7. The van der Waals surface area contributed by atoms with E-state index in [2.05, 4.69) is 10.3 Å². The van der Waals surface area contributed by atoms with Gasteiger partial charge in [0.1, 0.15) is 11.2 Å². The molecule has 0 spiro atoms. The van der Waals surface area contributed by atoms with Gasteiger partial charge < -0.3 is 11.1 Å². The summed E-state index contributed by atoms with van der Waals surface area (Å²) < 4.78 is 1.55. The molecule has 23 heavy (non-hydrogen) atoms. The van der Waals surface area contributed by atoms with Gasteiger partial charge in [-0.15, -0.1) is 11.3 Å². The normalized spacial score (nSPS) is 17.6. The largest absolute Gasteiger partial charge is 0.368 e. The Morgan fingerprint density at radius 1 is 1.26 bits per heavy atom. The van der Waals surface area contributed by atoms with Gasteiger partial charge in [0.25, 0.3) is 11.5 Å². The van der Waals surface area contributed by atoms with Crippen molar-refractivity contribution in [3.8, 4) is 0 Å². The summed E-state index contributed by atoms with van der Waals surface area (Å²) in [5.74, 6) is -0.991. The molecule has 2 heterocycles. The van der Waals surface area contributed by atoms with Crippen molar-refractivity contribution >= 4 is 28.1 Å². The topological polar surface area (TPSA) is 107 Å². The van der Waals surface area contributed by atoms with E-state index in [1.54, 1.807) is 16.0 Å². The number of rotatable bonds is 3. The number of hydrogen-bond donors (Lipinski definition) is 2. The quantitative estimate of drug-likeness (QED) is 0.819. The highest BCUT2D eigenvalue weighted by atomic mass is 32.1. The Hall–Kier alpha value is -2.22. The average Bonchev–Trinajstić information content (AvgIpc) is 2.84. The van der Waals surface area contributed by atoms with Crippen molar-refractivity contribution in [2.24, 2.45) is 5.73 Å². The molecule has 1 aliphatic rings. The van der Waals surface area contributed by atoms with E-state index >= 15 is 0 Å². The SMILES string of the molecule is NC(=O)C1(NC(=O)c2cc(=O)nc3sccn23)CCCCCC1. The van der Waals surface area contributed by atoms with E-state index < -0.39 is 22.9 Å². The van der Waals surface area contributed by atoms with Gasteiger partial charge in [0.15, 0.2) is 4.96 Å². The van der Waals surface area contributed by atoms with Crippen molar-refractivity contribution in [1.29, 1.82) is 0 Å². The Labute approximate surface area is 136 Å². The van der Waals surface area contributed by atoms with E-state index in [0.29, 0.717) is 17.8 Å². The van der Waals surface area contributed by atoms with Crippen LogP contribution in [0.1, 0.15) is 49.0 Å². The molecule has 1 fully saturated rings. The maximum Gasteiger partial charge on any atom is 0.274 e. The van der Waals surface area contributed by atoms with Crippen molar-refractivity contribution in [2.75, 3.05) is 0 Å². The van der Waals surface area contributed by atoms with E-state index in [1.807, 2.05) is 0 Å². The molecule has 0 aliphatic heterocycles. The third-order valence-electron chi connectivity index (χ3n) is 4.33. The molecule has 0 aromatic carbocycles. The van der Waals surface area contributed by atoms with Crippen LogP contribution in [0.3, 0.4) is 0 Å². The number of nitrogens with one attached hydrogen (secondary N) is 1. The molecule has 2 aromatic rings. The molecule has 1 saturated carbocycles. The summed E-state index contributed by atoms with van der Waals surface area (Å²) in [6.45, 7) is 0. The van der Waals surface area contributed by atoms with Crippen LogP contribution in [-0.2, 0) is 4.79 Å². The van der Waals surface area contributed by atoms with Crippen LogP contribution >= 0.6 is 11.3 Å². The third kappa shape index (κ3) is 2.98. The lowest BCUT2D eigenvalue weighted by Gasteiger charge is -2.30. The van der Waals surface area contributed by atoms with Gasteiger partial charge in [-0.1, -0.05) is 25.7 Å². The summed E-state index contributed by atoms with van der Waals surface area (Å²) in [7, 11) is 0. The summed E-state index contributed by atoms with van der Waals surface area (Å²) in [5.41, 5.74) is 4.24. The Kier molecular flexibility index (Phi) is 4.16. The lowest BCUT2D eigenvalue weighted by Crippen LogP contribution is -2.57. The fourth-order valence-corrected chi connectivity index (χ4v) is 3.79. The second-order valence-electron chi connectivity index (χ2n) is 5.85. The molecule has 2 amide bonds. The van der Waals surface area contributed by atoms with Gasteiger partial charge >= 0.3 is 0 Å². The summed E-state index contributed by atoms with van der Waals surface area (Å²) >= 11 is 1.27. The van der Waals surface area contributed by atoms with E-state index in [1.165, 1.54) is 17.4 Å². The van der Waals surface area contributed by atoms with Crippen LogP contribution in [0.15, 0.2) is 22.4 Å². The monoisotopic (exact) mass is 334 g/mol. The van der Waals surface area contributed by atoms with Gasteiger partial charge in [-0.3, -0.25) is 18.8 Å². The van der Waals surface area contributed by atoms with Gasteiger partial charge in [0, 0.05) is 17.6 Å². The van der Waals surface area contributed by atoms with E-state index in [9.17, 15) is 14.4 Å². The molecule has 0 unspecified atom stereocenters. The van der Waals surface area contributed by atoms with Crippen LogP contribution in [0, 0.1) is 0 Å². The van der Waals surface area contributed by atoms with Crippen molar-refractivity contribution < 1.29 is 9.59 Å². The molecule has 3 rings (SSSR count). The number of amides is 2. The third-order valence-corrected chi connectivity index (χ3v) is 5.09. The first-order valence-electron chi connectivity index (χ1n) is 7.61. The van der Waals surface area contributed by atoms with Crippen LogP contribution in [0.4, 0.5) is 0 Å². The van der Waals surface area contributed by atoms with Crippen LogP contribution in [0.2, 0.25) is 0 Å². The lowest BCUT2D eigenvalue weighted by atomic mass is 9.89. The molecule has 3 N–H and O–H groups in total. The van der Waals surface area contributed by atoms with E-state index in [4.69, 9.17) is 5.73 Å². The van der Waals surface area contributed by atoms with Gasteiger partial charge in [-0.25, -0.2) is 0 Å². The molecule has 0 atom stereocenters. The van der Waals surface area contributed by atoms with Crippen molar-refractivity contribution in [2.45, 2.75) is 44.1 Å². The summed E-state index contributed by atoms with van der Waals surface area (Å²) in [4.78, 5) is 40.7. The summed E-state index contributed by atoms with van der Waals surface area (Å²) in [6.07, 6.45) is 6.45. The van der Waals surface area contributed by atoms with Crippen molar-refractivity contribution in [3.05, 3.63) is 33.7 Å². The number of hydrogen-bond acceptors (Lipinski definition) is 5. The van der Waals surface area contributed by atoms with Gasteiger partial charge in [0.2, 0.25) is 5.91 Å². The average molecular weight is 334 g/mol. The highest BCUT2D eigenvalue weighted by Crippen LogP contribution is 2.27. The number of carbonyl (C=O) groups excluding carboxylic acids is 2. The lowest BCUT2D eigenvalue weighted by molar-refractivity contribution is -0.124. The number of thiazole rings is 1. The smallest absolute Gasteiger partial charge is 0.274 e. The number of nitrogens with two attached hydrogens (primary N) is 1. The predicted octanol–water partition coefficient (Wildman–Crippen LogP) is 1.06. The van der Waals surface area contributed by atoms with Crippen molar-refractivity contribution in [1.82, 2.24) is 14.7 Å². The number of fused-ring (bicyclic) bond motifs is 1. The first-order valence-corrected chi connectivity index (χ1v) is 8.49. The minimum absolute atomic E-state index is 0.172. The second-order valence-corrected chi connectivity index (χ2v) is 6.72. The van der Waals surface area contributed by atoms with Crippen LogP contribution in [0.5, 0.6) is 0 Å². The van der Waals surface area contributed by atoms with Gasteiger partial charge in [0.05, 0.1) is 0 Å². The van der Waals surface area contributed by atoms with E-state index in [0.717, 1.165) is 25.7 Å². The zero-order valence-corrected chi connectivity index (χ0v) is 13.4. The van der Waals surface area contributed by atoms with Crippen LogP contribution < -0.4 is 16.6 Å². The summed E-state index contributed by atoms with van der Waals surface area (Å²) in [6, 6.07) is 1.18. The molecular formula is C15H18N4O3S. The molecule has 122 valence electrons. The Morgan fingerprint density at radius 2 is 1.96 bits per heavy atom. The fraction of sp³-hybridized carbons (Fsp3) is 0.467. The maximum atomic E-state index is 12.7. The molecule has 7 nitrogen and oxygen atoms in total. The van der Waals surface area contributed by atoms with Gasteiger partial charge in [-0.05, 0) is 12.8 Å². The first-order chi connectivity index (χ1) is 11.0. The molecule has 8 heteroatoms. The number of primary amides is 1. The predicted molar refractivity (Wildman–Crippen MR) is 86.4 cm³/mol. The minimum Gasteiger partial charge on any atom is -0.368 e. The molecule has 0 radical (unpaired) electrons. The number of aromatic nitrogens is 2. The Morgan fingerprint density at radius 3 is 2.61 bits per heavy atom. The van der Waals surface area contributed by atoms with Crippen molar-refractivity contribution in [3.63, 3.8) is 0 Å². The molecule has 0 bridgehead atoms. The second kappa shape index (κ2) is 6.11. The molecule has 0 saturated heterocycles. The minimum atomic E-state index is -1.04. The van der Waals surface area contributed by atoms with E-state index in [-0.39, 0.29) is 5.69 Å². The highest BCUT2D eigenvalue weighted by molar-refractivity contribution is 7.15. The highest BCUT2D eigenvalue weighted by Gasteiger charge is 2.38. The fourth-order valence-electron chi connectivity index (χ4n) is 3.07. The molecular weight excluding hydrogens is 316 g/mol. The first kappa shape index (κ1) is 15.7. The number of nitrogens with zero attached hydrogens (tertiary/aromatic N) is 2. The van der Waals surface area contributed by atoms with Crippen LogP contribution in [0.25, 0.3) is 4.96 Å². The Bertz CT molecular complexity index is 802. The Balaban J connectivity index is 1.96. The molecule has 1 aliphatic carbocycles. The van der Waals surface area contributed by atoms with Gasteiger partial charge in [-0.2, -0.15) is 4.98 Å². The zero-order chi connectivity index (χ0) is 16.4. The number of carbonyl (C=O) groups is 2.